The fourth-order valence-electron chi connectivity index (χ4n) is 0.132. The van der Waals surface area contributed by atoms with E-state index in [1.807, 2.05) is 0 Å². The second-order valence-corrected chi connectivity index (χ2v) is 0.875. The van der Waals surface area contributed by atoms with Gasteiger partial charge in [0, 0.05) is 6.21 Å². The van der Waals surface area contributed by atoms with Crippen molar-refractivity contribution >= 4 is 6.21 Å². The molecule has 0 bridgehead atoms. The molecule has 0 aliphatic carbocycles. The molecule has 0 aromatic heterocycles. The van der Waals surface area contributed by atoms with Gasteiger partial charge in [-0.1, -0.05) is 0 Å². The van der Waals surface area contributed by atoms with Crippen molar-refractivity contribution < 1.29 is 5.21 Å². The Balaban J connectivity index is 2.66. The molecule has 0 amide bonds. The Kier molecular flexibility index (Phi) is 4.01. The predicted molar refractivity (Wildman–Crippen MR) is 23.9 cm³/mol. The van der Waals surface area contributed by atoms with Crippen LogP contribution in [0.3, 0.4) is 0 Å². The Morgan fingerprint density at radius 1 is 1.83 bits per heavy atom. The van der Waals surface area contributed by atoms with Gasteiger partial charge in [0.1, 0.15) is 0 Å². The highest BCUT2D eigenvalue weighted by atomic mass is 16.4. The molecular formula is C3H8N2O. The lowest BCUT2D eigenvalue weighted by molar-refractivity contribution is 0.320. The zero-order chi connectivity index (χ0) is 4.83. The summed E-state index contributed by atoms with van der Waals surface area (Å²) in [5.41, 5.74) is 5.01. The highest BCUT2D eigenvalue weighted by Gasteiger charge is 1.67. The lowest BCUT2D eigenvalue weighted by atomic mass is 10.5. The van der Waals surface area contributed by atoms with Crippen LogP contribution in [0.5, 0.6) is 0 Å². The fourth-order valence-corrected chi connectivity index (χ4v) is 0.132. The van der Waals surface area contributed by atoms with Crippen LogP contribution in [0, 0.1) is 0 Å². The van der Waals surface area contributed by atoms with Gasteiger partial charge in [-0.3, -0.25) is 0 Å². The summed E-state index contributed by atoms with van der Waals surface area (Å²) in [5.74, 6) is 0. The highest BCUT2D eigenvalue weighted by molar-refractivity contribution is 5.56. The van der Waals surface area contributed by atoms with Crippen LogP contribution in [0.1, 0.15) is 6.42 Å². The second-order valence-electron chi connectivity index (χ2n) is 0.875. The first-order chi connectivity index (χ1) is 2.91. The maximum Gasteiger partial charge on any atom is 0.0448 e. The van der Waals surface area contributed by atoms with Crippen molar-refractivity contribution in [2.24, 2.45) is 10.9 Å². The summed E-state index contributed by atoms with van der Waals surface area (Å²) in [6, 6.07) is 0. The molecule has 3 heteroatoms. The van der Waals surface area contributed by atoms with Gasteiger partial charge in [0.2, 0.25) is 0 Å². The quantitative estimate of drug-likeness (QED) is 0.279. The summed E-state index contributed by atoms with van der Waals surface area (Å²) in [4.78, 5) is 0. The van der Waals surface area contributed by atoms with Crippen molar-refractivity contribution in [2.75, 3.05) is 6.54 Å². The number of rotatable bonds is 2. The molecule has 0 aliphatic heterocycles. The molecule has 0 rings (SSSR count). The zero-order valence-corrected chi connectivity index (χ0v) is 3.46. The molecule has 0 fully saturated rings. The molecule has 0 aromatic carbocycles. The molecule has 0 unspecified atom stereocenters. The summed E-state index contributed by atoms with van der Waals surface area (Å²) >= 11 is 0. The monoisotopic (exact) mass is 88.1 g/mol. The molecule has 36 valence electrons. The van der Waals surface area contributed by atoms with E-state index in [4.69, 9.17) is 10.9 Å². The van der Waals surface area contributed by atoms with E-state index in [1.54, 1.807) is 0 Å². The fraction of sp³-hybridized carbons (Fsp3) is 0.667. The minimum atomic E-state index is 0.546. The number of nitrogens with two attached hydrogens (primary N) is 1. The van der Waals surface area contributed by atoms with Crippen LogP contribution in [-0.4, -0.2) is 18.0 Å². The van der Waals surface area contributed by atoms with Crippen LogP contribution >= 0.6 is 0 Å². The van der Waals surface area contributed by atoms with E-state index in [-0.39, 0.29) is 0 Å². The van der Waals surface area contributed by atoms with Crippen molar-refractivity contribution in [1.29, 1.82) is 0 Å². The predicted octanol–water partition coefficient (Wildman–Crippen LogP) is -0.205. The Hall–Kier alpha value is -0.570. The van der Waals surface area contributed by atoms with Crippen molar-refractivity contribution in [3.63, 3.8) is 0 Å². The number of nitrogens with zero attached hydrogens (tertiary/aromatic N) is 1. The summed E-state index contributed by atoms with van der Waals surface area (Å²) in [7, 11) is 0. The SMILES string of the molecule is NCCC=NO. The number of oxime groups is 1. The summed E-state index contributed by atoms with van der Waals surface area (Å²) in [5, 5.41) is 10.4. The molecule has 0 aliphatic rings. The highest BCUT2D eigenvalue weighted by Crippen LogP contribution is 1.61. The minimum absolute atomic E-state index is 0.546. The molecule has 0 aromatic rings. The Labute approximate surface area is 36.5 Å². The van der Waals surface area contributed by atoms with Crippen LogP contribution in [0.2, 0.25) is 0 Å². The van der Waals surface area contributed by atoms with Gasteiger partial charge in [0.15, 0.2) is 0 Å². The lowest BCUT2D eigenvalue weighted by Gasteiger charge is -1.75. The topological polar surface area (TPSA) is 58.6 Å². The summed E-state index contributed by atoms with van der Waals surface area (Å²) < 4.78 is 0. The van der Waals surface area contributed by atoms with Gasteiger partial charge in [0.25, 0.3) is 0 Å². The third kappa shape index (κ3) is 3.43. The zero-order valence-electron chi connectivity index (χ0n) is 3.46. The third-order valence-corrected chi connectivity index (χ3v) is 0.377. The van der Waals surface area contributed by atoms with Gasteiger partial charge in [-0.05, 0) is 13.0 Å². The van der Waals surface area contributed by atoms with E-state index in [0.717, 1.165) is 0 Å². The van der Waals surface area contributed by atoms with E-state index in [0.29, 0.717) is 13.0 Å². The van der Waals surface area contributed by atoms with E-state index in [2.05, 4.69) is 5.16 Å². The van der Waals surface area contributed by atoms with Gasteiger partial charge in [-0.15, -0.1) is 5.16 Å². The largest absolute Gasteiger partial charge is 0.411 e. The average Bonchev–Trinajstić information content (AvgIpc) is 1.61. The molecule has 0 atom stereocenters. The van der Waals surface area contributed by atoms with Crippen molar-refractivity contribution in [1.82, 2.24) is 0 Å². The molecule has 3 N–H and O–H groups in total. The van der Waals surface area contributed by atoms with Crippen LogP contribution < -0.4 is 5.73 Å². The molecule has 3 nitrogen and oxygen atoms in total. The summed E-state index contributed by atoms with van der Waals surface area (Å²) in [6.45, 7) is 0.546. The molecule has 0 heterocycles. The standard InChI is InChI=1S/C3H8N2O/c4-2-1-3-5-6/h3,6H,1-2,4H2. The molecule has 0 saturated carbocycles. The Morgan fingerprint density at radius 3 is 2.67 bits per heavy atom. The van der Waals surface area contributed by atoms with Gasteiger partial charge < -0.3 is 10.9 Å². The molecule has 0 spiro atoms. The average molecular weight is 88.1 g/mol. The molecular weight excluding hydrogens is 80.0 g/mol. The lowest BCUT2D eigenvalue weighted by Crippen LogP contribution is -1.97. The van der Waals surface area contributed by atoms with Gasteiger partial charge in [-0.2, -0.15) is 0 Å². The first kappa shape index (κ1) is 5.43. The van der Waals surface area contributed by atoms with Crippen molar-refractivity contribution in [2.45, 2.75) is 6.42 Å². The van der Waals surface area contributed by atoms with E-state index >= 15 is 0 Å². The van der Waals surface area contributed by atoms with Crippen LogP contribution in [0.25, 0.3) is 0 Å². The van der Waals surface area contributed by atoms with Crippen molar-refractivity contribution in [3.05, 3.63) is 0 Å². The maximum absolute atomic E-state index is 7.71. The van der Waals surface area contributed by atoms with Gasteiger partial charge in [-0.25, -0.2) is 0 Å². The van der Waals surface area contributed by atoms with E-state index < -0.39 is 0 Å². The van der Waals surface area contributed by atoms with Crippen molar-refractivity contribution in [3.8, 4) is 0 Å². The number of hydrogen-bond donors (Lipinski definition) is 2. The van der Waals surface area contributed by atoms with Gasteiger partial charge >= 0.3 is 0 Å². The molecule has 0 saturated heterocycles. The Bertz CT molecular complexity index is 44.1. The normalized spacial score (nSPS) is 10.2. The Morgan fingerprint density at radius 2 is 2.50 bits per heavy atom. The number of hydrogen-bond acceptors (Lipinski definition) is 3. The van der Waals surface area contributed by atoms with Crippen LogP contribution in [0.15, 0.2) is 5.16 Å². The first-order valence-corrected chi connectivity index (χ1v) is 1.77. The van der Waals surface area contributed by atoms with Crippen LogP contribution in [-0.2, 0) is 0 Å². The molecule has 6 heavy (non-hydrogen) atoms. The van der Waals surface area contributed by atoms with Gasteiger partial charge in [0.05, 0.1) is 0 Å². The smallest absolute Gasteiger partial charge is 0.0448 e. The third-order valence-electron chi connectivity index (χ3n) is 0.377. The second kappa shape index (κ2) is 4.43. The minimum Gasteiger partial charge on any atom is -0.411 e. The summed E-state index contributed by atoms with van der Waals surface area (Å²) in [6.07, 6.45) is 2.01. The van der Waals surface area contributed by atoms with E-state index in [9.17, 15) is 0 Å². The van der Waals surface area contributed by atoms with Crippen LogP contribution in [0.4, 0.5) is 0 Å². The first-order valence-electron chi connectivity index (χ1n) is 1.77. The van der Waals surface area contributed by atoms with E-state index in [1.165, 1.54) is 6.21 Å². The maximum atomic E-state index is 7.71. The molecule has 0 radical (unpaired) electrons.